The second-order valence-corrected chi connectivity index (χ2v) is 14.0. The average molecular weight is 676 g/mol. The Morgan fingerprint density at radius 3 is 2.24 bits per heavy atom. The van der Waals surface area contributed by atoms with Gasteiger partial charge in [0.1, 0.15) is 0 Å². The Bertz CT molecular complexity index is 1430. The van der Waals surface area contributed by atoms with Crippen molar-refractivity contribution in [2.75, 3.05) is 32.8 Å². The van der Waals surface area contributed by atoms with E-state index in [1.807, 2.05) is 72.8 Å². The summed E-state index contributed by atoms with van der Waals surface area (Å²) < 4.78 is 23.0. The minimum Gasteiger partial charge on any atom is -0.392 e. The number of ether oxygens (including phenoxy) is 4. The molecule has 2 N–H and O–H groups in total. The molecule has 3 saturated heterocycles. The number of likely N-dealkylation sites (tertiary alicyclic amines) is 1. The van der Waals surface area contributed by atoms with Crippen molar-refractivity contribution in [2.45, 2.75) is 60.5 Å². The van der Waals surface area contributed by atoms with Crippen LogP contribution < -0.4 is 5.32 Å². The minimum atomic E-state index is -2.03. The molecule has 3 aromatic rings. The molecular weight excluding hydrogens is 639 g/mol. The van der Waals surface area contributed by atoms with Crippen molar-refractivity contribution in [3.8, 4) is 11.1 Å². The summed E-state index contributed by atoms with van der Waals surface area (Å²) in [6.07, 6.45) is 1.64. The number of carbonyl (C=O) groups is 1. The van der Waals surface area contributed by atoms with E-state index in [1.54, 1.807) is 0 Å². The van der Waals surface area contributed by atoms with Crippen LogP contribution in [0, 0.1) is 0 Å². The molecule has 3 aromatic carbocycles. The van der Waals surface area contributed by atoms with Gasteiger partial charge < -0.3 is 34.3 Å². The van der Waals surface area contributed by atoms with E-state index in [2.05, 4.69) is 10.2 Å². The van der Waals surface area contributed by atoms with E-state index in [0.29, 0.717) is 13.2 Å². The van der Waals surface area contributed by atoms with Gasteiger partial charge in [-0.05, 0) is 27.8 Å². The number of rotatable bonds is 8. The Labute approximate surface area is 278 Å². The molecule has 0 bridgehead atoms. The van der Waals surface area contributed by atoms with Gasteiger partial charge in [-0.3, -0.25) is 4.79 Å². The van der Waals surface area contributed by atoms with Crippen molar-refractivity contribution in [2.24, 2.45) is 0 Å². The van der Waals surface area contributed by atoms with E-state index in [0.717, 1.165) is 72.3 Å². The lowest BCUT2D eigenvalue weighted by Gasteiger charge is -2.41. The van der Waals surface area contributed by atoms with Gasteiger partial charge >= 0.3 is 0 Å². The molecule has 240 valence electrons. The minimum absolute atomic E-state index is 0.00119. The molecule has 3 heterocycles. The molecule has 0 aliphatic carbocycles. The smallest absolute Gasteiger partial charge is 0.272 e. The number of nitrogens with one attached hydrogen (secondary N) is 1. The number of carbonyl (C=O) groups excluding carboxylic acids is 1. The highest BCUT2D eigenvalue weighted by molar-refractivity contribution is 6.76. The van der Waals surface area contributed by atoms with Crippen LogP contribution in [-0.4, -0.2) is 64.4 Å². The molecular formula is C34H37Cl3N2O6. The van der Waals surface area contributed by atoms with Crippen molar-refractivity contribution in [3.63, 3.8) is 0 Å². The first kappa shape index (κ1) is 32.7. The first-order valence-corrected chi connectivity index (χ1v) is 16.4. The average Bonchev–Trinajstić information content (AvgIpc) is 3.52. The third-order valence-electron chi connectivity index (χ3n) is 8.72. The maximum Gasteiger partial charge on any atom is 0.272 e. The molecule has 0 aromatic heterocycles. The summed E-state index contributed by atoms with van der Waals surface area (Å²) >= 11 is 17.2. The van der Waals surface area contributed by atoms with Crippen LogP contribution in [0.1, 0.15) is 53.9 Å². The molecule has 3 aliphatic rings. The maximum absolute atomic E-state index is 12.1. The molecule has 1 spiro atoms. The van der Waals surface area contributed by atoms with E-state index < -0.39 is 21.8 Å². The second-order valence-electron chi connectivity index (χ2n) is 11.7. The highest BCUT2D eigenvalue weighted by atomic mass is 35.6. The Kier molecular flexibility index (Phi) is 10.4. The zero-order valence-electron chi connectivity index (χ0n) is 24.8. The van der Waals surface area contributed by atoms with Gasteiger partial charge in [-0.2, -0.15) is 0 Å². The van der Waals surface area contributed by atoms with Gasteiger partial charge in [-0.15, -0.1) is 0 Å². The van der Waals surface area contributed by atoms with Crippen molar-refractivity contribution in [1.82, 2.24) is 10.2 Å². The van der Waals surface area contributed by atoms with Crippen LogP contribution in [0.3, 0.4) is 0 Å². The SMILES string of the molecule is O=C(NCc1ccccc1-c1ccc(C2OC(CN3CCC4(CC3)OCCO4)CC(c3ccc(CO)cc3)O2)cc1)C(Cl)(Cl)Cl. The Morgan fingerprint density at radius 2 is 1.58 bits per heavy atom. The second kappa shape index (κ2) is 14.3. The number of nitrogens with zero attached hydrogens (tertiary/aromatic N) is 1. The van der Waals surface area contributed by atoms with E-state index >= 15 is 0 Å². The number of hydrogen-bond acceptors (Lipinski definition) is 7. The van der Waals surface area contributed by atoms with Crippen LogP contribution in [0.15, 0.2) is 72.8 Å². The molecule has 3 atom stereocenters. The van der Waals surface area contributed by atoms with Gasteiger partial charge in [0.15, 0.2) is 12.1 Å². The van der Waals surface area contributed by atoms with E-state index in [9.17, 15) is 9.90 Å². The van der Waals surface area contributed by atoms with Gasteiger partial charge in [-0.1, -0.05) is 108 Å². The Balaban J connectivity index is 1.18. The number of benzene rings is 3. The summed E-state index contributed by atoms with van der Waals surface area (Å²) in [5, 5.41) is 12.2. The van der Waals surface area contributed by atoms with E-state index in [-0.39, 0.29) is 25.4 Å². The fourth-order valence-electron chi connectivity index (χ4n) is 6.23. The number of aliphatic hydroxyl groups is 1. The number of hydrogen-bond donors (Lipinski definition) is 2. The van der Waals surface area contributed by atoms with Crippen LogP contribution >= 0.6 is 34.8 Å². The van der Waals surface area contributed by atoms with Gasteiger partial charge in [0.2, 0.25) is 0 Å². The van der Waals surface area contributed by atoms with Crippen LogP contribution in [0.5, 0.6) is 0 Å². The standard InChI is InChI=1S/C34H37Cl3N2O6/c35-34(36,37)32(41)38-20-27-3-1-2-4-29(27)24-9-11-26(12-10-24)31-44-28(19-30(45-31)25-7-5-23(22-40)6-8-25)21-39-15-13-33(14-16-39)42-17-18-43-33/h1-12,28,30-31,40H,13-22H2,(H,38,41). The lowest BCUT2D eigenvalue weighted by Crippen LogP contribution is -2.48. The first-order valence-electron chi connectivity index (χ1n) is 15.3. The molecule has 11 heteroatoms. The maximum atomic E-state index is 12.1. The quantitative estimate of drug-likeness (QED) is 0.274. The number of alkyl halides is 3. The zero-order valence-corrected chi connectivity index (χ0v) is 27.1. The molecule has 0 radical (unpaired) electrons. The van der Waals surface area contributed by atoms with Gasteiger partial charge in [-0.25, -0.2) is 0 Å². The monoisotopic (exact) mass is 674 g/mol. The highest BCUT2D eigenvalue weighted by Crippen LogP contribution is 2.40. The van der Waals surface area contributed by atoms with Crippen LogP contribution in [0.4, 0.5) is 0 Å². The highest BCUT2D eigenvalue weighted by Gasteiger charge is 2.41. The molecule has 3 fully saturated rings. The number of aliphatic hydroxyl groups excluding tert-OH is 1. The summed E-state index contributed by atoms with van der Waals surface area (Å²) in [4.78, 5) is 14.5. The molecule has 0 saturated carbocycles. The summed E-state index contributed by atoms with van der Waals surface area (Å²) in [7, 11) is 0. The summed E-state index contributed by atoms with van der Waals surface area (Å²) in [5.74, 6) is -1.09. The third kappa shape index (κ3) is 8.01. The summed E-state index contributed by atoms with van der Waals surface area (Å²) in [5.41, 5.74) is 5.64. The van der Waals surface area contributed by atoms with Crippen molar-refractivity contribution < 1.29 is 28.8 Å². The van der Waals surface area contributed by atoms with Gasteiger partial charge in [0.25, 0.3) is 9.70 Å². The summed E-state index contributed by atoms with van der Waals surface area (Å²) in [6.45, 7) is 4.10. The third-order valence-corrected chi connectivity index (χ3v) is 9.23. The van der Waals surface area contributed by atoms with Gasteiger partial charge in [0.05, 0.1) is 32.0 Å². The predicted molar refractivity (Wildman–Crippen MR) is 173 cm³/mol. The van der Waals surface area contributed by atoms with Crippen LogP contribution in [0.2, 0.25) is 0 Å². The molecule has 1 amide bonds. The molecule has 8 nitrogen and oxygen atoms in total. The van der Waals surface area contributed by atoms with Crippen molar-refractivity contribution in [1.29, 1.82) is 0 Å². The first-order chi connectivity index (χ1) is 21.7. The predicted octanol–water partition coefficient (Wildman–Crippen LogP) is 6.22. The zero-order chi connectivity index (χ0) is 31.4. The van der Waals surface area contributed by atoms with E-state index in [4.69, 9.17) is 53.8 Å². The van der Waals surface area contributed by atoms with E-state index in [1.165, 1.54) is 0 Å². The van der Waals surface area contributed by atoms with Crippen LogP contribution in [-0.2, 0) is 36.9 Å². The molecule has 6 rings (SSSR count). The fraction of sp³-hybridized carbons (Fsp3) is 0.441. The number of amides is 1. The van der Waals surface area contributed by atoms with Crippen molar-refractivity contribution >= 4 is 40.7 Å². The lowest BCUT2D eigenvalue weighted by molar-refractivity contribution is -0.255. The number of halogens is 3. The number of piperidine rings is 1. The fourth-order valence-corrected chi connectivity index (χ4v) is 6.44. The normalized spacial score (nSPS) is 23.7. The summed E-state index contributed by atoms with van der Waals surface area (Å²) in [6, 6.07) is 23.8. The Morgan fingerprint density at radius 1 is 0.911 bits per heavy atom. The lowest BCUT2D eigenvalue weighted by atomic mass is 9.97. The van der Waals surface area contributed by atoms with Crippen molar-refractivity contribution in [3.05, 3.63) is 95.1 Å². The molecule has 3 aliphatic heterocycles. The molecule has 45 heavy (non-hydrogen) atoms. The Hall–Kier alpha value is -2.24. The van der Waals surface area contributed by atoms with Gasteiger partial charge in [0, 0.05) is 51.0 Å². The topological polar surface area (TPSA) is 89.5 Å². The molecule has 3 unspecified atom stereocenters. The largest absolute Gasteiger partial charge is 0.392 e. The van der Waals surface area contributed by atoms with Crippen LogP contribution in [0.25, 0.3) is 11.1 Å².